The lowest BCUT2D eigenvalue weighted by Gasteiger charge is -2.12. The fourth-order valence-corrected chi connectivity index (χ4v) is 3.00. The average molecular weight is 361 g/mol. The van der Waals surface area contributed by atoms with Gasteiger partial charge in [0.2, 0.25) is 5.75 Å². The van der Waals surface area contributed by atoms with Gasteiger partial charge in [-0.05, 0) is 36.4 Å². The first kappa shape index (κ1) is 16.8. The summed E-state index contributed by atoms with van der Waals surface area (Å²) in [5, 5.41) is 13.7. The number of rotatable bonds is 5. The van der Waals surface area contributed by atoms with Gasteiger partial charge in [-0.3, -0.25) is 4.40 Å². The predicted molar refractivity (Wildman–Crippen MR) is 105 cm³/mol. The number of para-hydroxylation sites is 1. The smallest absolute Gasteiger partial charge is 0.200 e. The average Bonchev–Trinajstić information content (AvgIpc) is 3.07. The summed E-state index contributed by atoms with van der Waals surface area (Å²) in [5.74, 6) is 1.43. The van der Waals surface area contributed by atoms with Crippen molar-refractivity contribution in [1.82, 2.24) is 9.38 Å². The molecule has 0 aliphatic heterocycles. The Hall–Kier alpha value is -3.67. The Bertz CT molecular complexity index is 1070. The molecule has 0 saturated carbocycles. The Labute approximate surface area is 156 Å². The van der Waals surface area contributed by atoms with Gasteiger partial charge in [0.05, 0.1) is 14.2 Å². The van der Waals surface area contributed by atoms with E-state index in [1.165, 1.54) is 14.2 Å². The first-order valence-corrected chi connectivity index (χ1v) is 8.46. The summed E-state index contributed by atoms with van der Waals surface area (Å²) >= 11 is 0. The second kappa shape index (κ2) is 6.92. The highest BCUT2D eigenvalue weighted by molar-refractivity contribution is 5.82. The minimum atomic E-state index is -0.0370. The molecule has 0 saturated heterocycles. The summed E-state index contributed by atoms with van der Waals surface area (Å²) < 4.78 is 12.6. The second-order valence-corrected chi connectivity index (χ2v) is 5.96. The molecule has 0 radical (unpaired) electrons. The summed E-state index contributed by atoms with van der Waals surface area (Å²) in [6, 6.07) is 19.2. The molecule has 0 amide bonds. The van der Waals surface area contributed by atoms with Gasteiger partial charge < -0.3 is 19.9 Å². The molecule has 2 aromatic carbocycles. The van der Waals surface area contributed by atoms with E-state index < -0.39 is 0 Å². The topological polar surface area (TPSA) is 68.0 Å². The number of phenols is 1. The highest BCUT2D eigenvalue weighted by atomic mass is 16.5. The molecule has 4 rings (SSSR count). The van der Waals surface area contributed by atoms with Crippen LogP contribution in [-0.2, 0) is 0 Å². The molecule has 0 aliphatic carbocycles. The normalized spacial score (nSPS) is 10.7. The molecule has 136 valence electrons. The maximum atomic E-state index is 10.2. The number of ether oxygens (including phenoxy) is 2. The number of nitrogens with zero attached hydrogens (tertiary/aromatic N) is 2. The number of hydrogen-bond donors (Lipinski definition) is 2. The van der Waals surface area contributed by atoms with Gasteiger partial charge in [-0.1, -0.05) is 24.3 Å². The molecule has 0 unspecified atom stereocenters. The zero-order valence-corrected chi connectivity index (χ0v) is 15.0. The number of anilines is 2. The van der Waals surface area contributed by atoms with Crippen molar-refractivity contribution in [2.75, 3.05) is 19.5 Å². The Morgan fingerprint density at radius 2 is 1.59 bits per heavy atom. The lowest BCUT2D eigenvalue weighted by molar-refractivity contribution is 0.340. The summed E-state index contributed by atoms with van der Waals surface area (Å²) in [6.45, 7) is 0. The minimum absolute atomic E-state index is 0.0370. The van der Waals surface area contributed by atoms with Crippen LogP contribution in [0.1, 0.15) is 0 Å². The van der Waals surface area contributed by atoms with Crippen LogP contribution in [0.3, 0.4) is 0 Å². The van der Waals surface area contributed by atoms with Gasteiger partial charge >= 0.3 is 0 Å². The summed E-state index contributed by atoms with van der Waals surface area (Å²) in [5.41, 5.74) is 3.24. The monoisotopic (exact) mass is 361 g/mol. The van der Waals surface area contributed by atoms with E-state index in [1.54, 1.807) is 12.1 Å². The first-order valence-electron chi connectivity index (χ1n) is 8.46. The number of nitrogens with one attached hydrogen (secondary N) is 1. The van der Waals surface area contributed by atoms with Gasteiger partial charge in [0.1, 0.15) is 17.2 Å². The fraction of sp³-hybridized carbons (Fsp3) is 0.0952. The van der Waals surface area contributed by atoms with Crippen LogP contribution >= 0.6 is 0 Å². The molecule has 0 atom stereocenters. The van der Waals surface area contributed by atoms with Crippen molar-refractivity contribution in [3.05, 3.63) is 66.9 Å². The van der Waals surface area contributed by atoms with Gasteiger partial charge in [0.25, 0.3) is 0 Å². The van der Waals surface area contributed by atoms with E-state index in [9.17, 15) is 5.11 Å². The van der Waals surface area contributed by atoms with Crippen molar-refractivity contribution in [3.63, 3.8) is 0 Å². The SMILES string of the molecule is COc1cc(-c2nc3ccccn3c2Nc2ccccc2)cc(OC)c1O. The number of methoxy groups -OCH3 is 2. The van der Waals surface area contributed by atoms with Crippen molar-refractivity contribution in [2.24, 2.45) is 0 Å². The van der Waals surface area contributed by atoms with Crippen LogP contribution in [0.15, 0.2) is 66.9 Å². The Kier molecular flexibility index (Phi) is 4.30. The summed E-state index contributed by atoms with van der Waals surface area (Å²) in [6.07, 6.45) is 1.95. The van der Waals surface area contributed by atoms with Crippen molar-refractivity contribution < 1.29 is 14.6 Å². The molecule has 2 aromatic heterocycles. The molecular formula is C21H19N3O3. The molecule has 0 spiro atoms. The van der Waals surface area contributed by atoms with E-state index in [1.807, 2.05) is 59.1 Å². The first-order chi connectivity index (χ1) is 13.2. The molecule has 0 aliphatic rings. The molecule has 4 aromatic rings. The lowest BCUT2D eigenvalue weighted by atomic mass is 10.1. The Balaban J connectivity index is 1.93. The van der Waals surface area contributed by atoms with Crippen LogP contribution in [0.5, 0.6) is 17.2 Å². The van der Waals surface area contributed by atoms with Crippen LogP contribution in [-0.4, -0.2) is 28.7 Å². The number of hydrogen-bond acceptors (Lipinski definition) is 5. The molecule has 6 nitrogen and oxygen atoms in total. The van der Waals surface area contributed by atoms with E-state index in [0.29, 0.717) is 11.5 Å². The predicted octanol–water partition coefficient (Wildman–Crippen LogP) is 4.47. The third-order valence-corrected chi connectivity index (χ3v) is 4.32. The van der Waals surface area contributed by atoms with Gasteiger partial charge in [-0.15, -0.1) is 0 Å². The van der Waals surface area contributed by atoms with Crippen molar-refractivity contribution in [1.29, 1.82) is 0 Å². The van der Waals surface area contributed by atoms with Gasteiger partial charge in [-0.2, -0.15) is 0 Å². The zero-order chi connectivity index (χ0) is 18.8. The van der Waals surface area contributed by atoms with Crippen molar-refractivity contribution in [3.8, 4) is 28.5 Å². The largest absolute Gasteiger partial charge is 0.502 e. The number of phenolic OH excluding ortho intramolecular Hbond substituents is 1. The summed E-state index contributed by atoms with van der Waals surface area (Å²) in [7, 11) is 3.01. The Morgan fingerprint density at radius 1 is 0.926 bits per heavy atom. The molecule has 2 N–H and O–H groups in total. The van der Waals surface area contributed by atoms with E-state index in [4.69, 9.17) is 14.5 Å². The van der Waals surface area contributed by atoms with Gasteiger partial charge in [-0.25, -0.2) is 4.98 Å². The van der Waals surface area contributed by atoms with E-state index in [-0.39, 0.29) is 5.75 Å². The van der Waals surface area contributed by atoms with E-state index in [0.717, 1.165) is 28.4 Å². The number of aromatic hydroxyl groups is 1. The standard InChI is InChI=1S/C21H19N3O3/c1-26-16-12-14(13-17(27-2)20(16)25)19-21(22-15-8-4-3-5-9-15)24-11-7-6-10-18(24)23-19/h3-13,22,25H,1-2H3. The molecule has 0 fully saturated rings. The Morgan fingerprint density at radius 3 is 2.26 bits per heavy atom. The van der Waals surface area contributed by atoms with E-state index in [2.05, 4.69) is 5.32 Å². The second-order valence-electron chi connectivity index (χ2n) is 5.96. The van der Waals surface area contributed by atoms with Crippen LogP contribution in [0.2, 0.25) is 0 Å². The zero-order valence-electron chi connectivity index (χ0n) is 15.0. The van der Waals surface area contributed by atoms with Crippen molar-refractivity contribution in [2.45, 2.75) is 0 Å². The van der Waals surface area contributed by atoms with Crippen LogP contribution in [0.25, 0.3) is 16.9 Å². The van der Waals surface area contributed by atoms with E-state index >= 15 is 0 Å². The number of imidazole rings is 1. The highest BCUT2D eigenvalue weighted by Crippen LogP contribution is 2.42. The number of aromatic nitrogens is 2. The molecule has 27 heavy (non-hydrogen) atoms. The summed E-state index contributed by atoms with van der Waals surface area (Å²) in [4.78, 5) is 4.77. The minimum Gasteiger partial charge on any atom is -0.502 e. The number of pyridine rings is 1. The molecule has 0 bridgehead atoms. The van der Waals surface area contributed by atoms with Crippen LogP contribution < -0.4 is 14.8 Å². The molecule has 6 heteroatoms. The lowest BCUT2D eigenvalue weighted by Crippen LogP contribution is -1.97. The maximum Gasteiger partial charge on any atom is 0.200 e. The highest BCUT2D eigenvalue weighted by Gasteiger charge is 2.19. The number of fused-ring (bicyclic) bond motifs is 1. The van der Waals surface area contributed by atoms with Gasteiger partial charge in [0, 0.05) is 17.4 Å². The van der Waals surface area contributed by atoms with Crippen LogP contribution in [0.4, 0.5) is 11.5 Å². The third kappa shape index (κ3) is 3.01. The maximum absolute atomic E-state index is 10.2. The molecule has 2 heterocycles. The van der Waals surface area contributed by atoms with Gasteiger partial charge in [0.15, 0.2) is 11.5 Å². The van der Waals surface area contributed by atoms with Crippen molar-refractivity contribution >= 4 is 17.2 Å². The van der Waals surface area contributed by atoms with Crippen LogP contribution in [0, 0.1) is 0 Å². The molecular weight excluding hydrogens is 342 g/mol. The quantitative estimate of drug-likeness (QED) is 0.549. The fourth-order valence-electron chi connectivity index (χ4n) is 3.00. The third-order valence-electron chi connectivity index (χ3n) is 4.32. The number of benzene rings is 2.